The fraction of sp³-hybridized carbons (Fsp3) is 0.818. The zero-order valence-electron chi connectivity index (χ0n) is 10.4. The first kappa shape index (κ1) is 12.9. The average molecular weight is 254 g/mol. The zero-order valence-corrected chi connectivity index (χ0v) is 10.4. The number of carboxylic acid groups (broad SMARTS) is 1. The molecular formula is C11H18N4O3. The Morgan fingerprint density at radius 3 is 3.00 bits per heavy atom. The first-order valence-corrected chi connectivity index (χ1v) is 6.28. The van der Waals surface area contributed by atoms with E-state index in [1.165, 1.54) is 0 Å². The number of ether oxygens (including phenoxy) is 1. The van der Waals surface area contributed by atoms with E-state index in [1.54, 1.807) is 4.68 Å². The molecule has 1 aliphatic carbocycles. The van der Waals surface area contributed by atoms with Crippen molar-refractivity contribution < 1.29 is 14.6 Å². The molecule has 0 bridgehead atoms. The van der Waals surface area contributed by atoms with E-state index < -0.39 is 5.97 Å². The van der Waals surface area contributed by atoms with Gasteiger partial charge in [-0.1, -0.05) is 6.92 Å². The molecule has 1 unspecified atom stereocenters. The molecule has 0 aliphatic heterocycles. The largest absolute Gasteiger partial charge is 0.481 e. The maximum Gasteiger partial charge on any atom is 0.305 e. The van der Waals surface area contributed by atoms with Crippen molar-refractivity contribution in [1.82, 2.24) is 20.2 Å². The summed E-state index contributed by atoms with van der Waals surface area (Å²) in [4.78, 5) is 10.9. The number of nitrogens with zero attached hydrogens (tertiary/aromatic N) is 4. The van der Waals surface area contributed by atoms with Gasteiger partial charge in [0.25, 0.3) is 0 Å². The van der Waals surface area contributed by atoms with Crippen molar-refractivity contribution in [3.05, 3.63) is 5.82 Å². The first-order chi connectivity index (χ1) is 8.72. The summed E-state index contributed by atoms with van der Waals surface area (Å²) in [5.74, 6) is 0.180. The smallest absolute Gasteiger partial charge is 0.305 e. The molecule has 0 aromatic carbocycles. The molecule has 1 atom stereocenters. The molecule has 1 aromatic heterocycles. The van der Waals surface area contributed by atoms with Gasteiger partial charge in [0.2, 0.25) is 0 Å². The summed E-state index contributed by atoms with van der Waals surface area (Å²) < 4.78 is 7.04. The van der Waals surface area contributed by atoms with Gasteiger partial charge in [-0.25, -0.2) is 4.68 Å². The first-order valence-electron chi connectivity index (χ1n) is 6.28. The maximum absolute atomic E-state index is 10.9. The molecule has 1 aromatic rings. The van der Waals surface area contributed by atoms with E-state index in [2.05, 4.69) is 15.5 Å². The van der Waals surface area contributed by atoms with Gasteiger partial charge in [0, 0.05) is 6.61 Å². The van der Waals surface area contributed by atoms with Gasteiger partial charge in [0.1, 0.15) is 6.61 Å². The van der Waals surface area contributed by atoms with E-state index in [0.717, 1.165) is 19.3 Å². The summed E-state index contributed by atoms with van der Waals surface area (Å²) in [6, 6.07) is -0.141. The summed E-state index contributed by atoms with van der Waals surface area (Å²) >= 11 is 0. The van der Waals surface area contributed by atoms with E-state index in [4.69, 9.17) is 9.84 Å². The summed E-state index contributed by atoms with van der Waals surface area (Å²) in [6.07, 6.45) is 3.10. The Balaban J connectivity index is 2.04. The number of aromatic nitrogens is 4. The summed E-state index contributed by atoms with van der Waals surface area (Å²) in [6.45, 7) is 3.02. The Kier molecular flexibility index (Phi) is 4.24. The number of carboxylic acids is 1. The minimum Gasteiger partial charge on any atom is -0.481 e. The van der Waals surface area contributed by atoms with E-state index in [1.807, 2.05) is 6.92 Å². The number of hydrogen-bond donors (Lipinski definition) is 1. The molecule has 7 nitrogen and oxygen atoms in total. The lowest BCUT2D eigenvalue weighted by molar-refractivity contribution is -0.138. The van der Waals surface area contributed by atoms with E-state index in [0.29, 0.717) is 25.0 Å². The predicted octanol–water partition coefficient (Wildman–Crippen LogP) is 1.03. The zero-order chi connectivity index (χ0) is 13.0. The third-order valence-corrected chi connectivity index (χ3v) is 3.00. The van der Waals surface area contributed by atoms with Crippen molar-refractivity contribution in [2.45, 2.75) is 45.3 Å². The maximum atomic E-state index is 10.9. The molecule has 100 valence electrons. The highest BCUT2D eigenvalue weighted by Gasteiger charge is 2.36. The van der Waals surface area contributed by atoms with Gasteiger partial charge in [-0.3, -0.25) is 4.79 Å². The standard InChI is InChI=1S/C11H18N4O3/c1-2-5-18-7-10-12-13-14-15(10)9(6-11(16)17)8-3-4-8/h8-9H,2-7H2,1H3,(H,16,17). The van der Waals surface area contributed by atoms with Crippen LogP contribution in [0.1, 0.15) is 44.5 Å². The van der Waals surface area contributed by atoms with E-state index >= 15 is 0 Å². The minimum atomic E-state index is -0.817. The average Bonchev–Trinajstić information content (AvgIpc) is 3.06. The third kappa shape index (κ3) is 3.25. The number of carbonyl (C=O) groups is 1. The van der Waals surface area contributed by atoms with Crippen LogP contribution in [0.25, 0.3) is 0 Å². The Bertz CT molecular complexity index is 403. The summed E-state index contributed by atoms with van der Waals surface area (Å²) in [5, 5.41) is 20.4. The van der Waals surface area contributed by atoms with Crippen molar-refractivity contribution in [1.29, 1.82) is 0 Å². The van der Waals surface area contributed by atoms with Crippen LogP contribution in [0.3, 0.4) is 0 Å². The molecule has 1 heterocycles. The van der Waals surface area contributed by atoms with Crippen molar-refractivity contribution in [2.75, 3.05) is 6.61 Å². The van der Waals surface area contributed by atoms with Crippen LogP contribution >= 0.6 is 0 Å². The van der Waals surface area contributed by atoms with Gasteiger partial charge in [-0.05, 0) is 35.6 Å². The van der Waals surface area contributed by atoms with Crippen LogP contribution < -0.4 is 0 Å². The van der Waals surface area contributed by atoms with Crippen molar-refractivity contribution in [2.24, 2.45) is 5.92 Å². The Labute approximate surface area is 105 Å². The lowest BCUT2D eigenvalue weighted by atomic mass is 10.1. The quantitative estimate of drug-likeness (QED) is 0.697. The Morgan fingerprint density at radius 2 is 2.39 bits per heavy atom. The lowest BCUT2D eigenvalue weighted by Gasteiger charge is -2.15. The van der Waals surface area contributed by atoms with Crippen molar-refractivity contribution >= 4 is 5.97 Å². The lowest BCUT2D eigenvalue weighted by Crippen LogP contribution is -2.20. The Morgan fingerprint density at radius 1 is 1.61 bits per heavy atom. The fourth-order valence-electron chi connectivity index (χ4n) is 1.99. The van der Waals surface area contributed by atoms with Gasteiger partial charge in [0.15, 0.2) is 5.82 Å². The topological polar surface area (TPSA) is 90.1 Å². The molecule has 1 saturated carbocycles. The highest BCUT2D eigenvalue weighted by molar-refractivity contribution is 5.67. The van der Waals surface area contributed by atoms with Crippen molar-refractivity contribution in [3.63, 3.8) is 0 Å². The van der Waals surface area contributed by atoms with Crippen LogP contribution in [0.2, 0.25) is 0 Å². The second-order valence-corrected chi connectivity index (χ2v) is 4.59. The normalized spacial score (nSPS) is 16.7. The number of rotatable bonds is 8. The van der Waals surface area contributed by atoms with Gasteiger partial charge < -0.3 is 9.84 Å². The molecule has 1 aliphatic rings. The summed E-state index contributed by atoms with van der Waals surface area (Å²) in [7, 11) is 0. The predicted molar refractivity (Wildman–Crippen MR) is 61.8 cm³/mol. The molecule has 1 N–H and O–H groups in total. The summed E-state index contributed by atoms with van der Waals surface area (Å²) in [5.41, 5.74) is 0. The van der Waals surface area contributed by atoms with E-state index in [9.17, 15) is 4.79 Å². The fourth-order valence-corrected chi connectivity index (χ4v) is 1.99. The van der Waals surface area contributed by atoms with Crippen molar-refractivity contribution in [3.8, 4) is 0 Å². The molecule has 7 heteroatoms. The van der Waals surface area contributed by atoms with Crippen LogP contribution in [-0.4, -0.2) is 37.9 Å². The minimum absolute atomic E-state index is 0.0660. The highest BCUT2D eigenvalue weighted by atomic mass is 16.5. The Hall–Kier alpha value is -1.50. The van der Waals surface area contributed by atoms with Gasteiger partial charge in [-0.2, -0.15) is 0 Å². The second kappa shape index (κ2) is 5.90. The molecule has 1 fully saturated rings. The van der Waals surface area contributed by atoms with Crippen LogP contribution in [0.15, 0.2) is 0 Å². The van der Waals surface area contributed by atoms with Crippen LogP contribution in [0.5, 0.6) is 0 Å². The number of hydrogen-bond acceptors (Lipinski definition) is 5. The highest BCUT2D eigenvalue weighted by Crippen LogP contribution is 2.41. The van der Waals surface area contributed by atoms with E-state index in [-0.39, 0.29) is 12.5 Å². The monoisotopic (exact) mass is 254 g/mol. The molecule has 2 rings (SSSR count). The van der Waals surface area contributed by atoms with Gasteiger partial charge in [0.05, 0.1) is 12.5 Å². The van der Waals surface area contributed by atoms with Crippen LogP contribution in [-0.2, 0) is 16.1 Å². The number of tetrazole rings is 1. The number of aliphatic carboxylic acids is 1. The van der Waals surface area contributed by atoms with Gasteiger partial charge in [-0.15, -0.1) is 5.10 Å². The molecular weight excluding hydrogens is 236 g/mol. The molecule has 0 saturated heterocycles. The third-order valence-electron chi connectivity index (χ3n) is 3.00. The van der Waals surface area contributed by atoms with Crippen LogP contribution in [0.4, 0.5) is 0 Å². The molecule has 0 spiro atoms. The molecule has 0 radical (unpaired) electrons. The molecule has 18 heavy (non-hydrogen) atoms. The second-order valence-electron chi connectivity index (χ2n) is 4.59. The SMILES string of the molecule is CCCOCc1nnnn1C(CC(=O)O)C1CC1. The van der Waals surface area contributed by atoms with Crippen LogP contribution in [0, 0.1) is 5.92 Å². The van der Waals surface area contributed by atoms with Gasteiger partial charge >= 0.3 is 5.97 Å². The molecule has 0 amide bonds.